The van der Waals surface area contributed by atoms with Gasteiger partial charge in [0, 0.05) is 6.20 Å². The predicted molar refractivity (Wildman–Crippen MR) is 44.0 cm³/mol. The summed E-state index contributed by atoms with van der Waals surface area (Å²) in [6.45, 7) is 1.75. The number of rotatable bonds is 2. The molecule has 1 atom stereocenters. The number of nitrogen functional groups attached to an aromatic ring is 1. The van der Waals surface area contributed by atoms with Crippen LogP contribution in [0.5, 0.6) is 0 Å². The van der Waals surface area contributed by atoms with Crippen LogP contribution in [-0.4, -0.2) is 16.2 Å². The van der Waals surface area contributed by atoms with Gasteiger partial charge in [0.05, 0.1) is 6.10 Å². The van der Waals surface area contributed by atoms with Gasteiger partial charge in [-0.2, -0.15) is 0 Å². The van der Waals surface area contributed by atoms with Gasteiger partial charge < -0.3 is 10.8 Å². The normalized spacial score (nSPS) is 12.9. The molecule has 11 heavy (non-hydrogen) atoms. The predicted octanol–water partition coefficient (Wildman–Crippen LogP) is 0.587. The lowest BCUT2D eigenvalue weighted by Gasteiger charge is -2.02. The van der Waals surface area contributed by atoms with Crippen LogP contribution < -0.4 is 5.73 Å². The van der Waals surface area contributed by atoms with E-state index >= 15 is 0 Å². The van der Waals surface area contributed by atoms with E-state index in [1.165, 1.54) is 0 Å². The van der Waals surface area contributed by atoms with Gasteiger partial charge in [-0.25, -0.2) is 4.98 Å². The fourth-order valence-electron chi connectivity index (χ4n) is 0.898. The Labute approximate surface area is 65.9 Å². The Balaban J connectivity index is 2.66. The SMILES string of the molecule is CC(O)Cc1ccc(N)nc1. The monoisotopic (exact) mass is 152 g/mol. The van der Waals surface area contributed by atoms with E-state index in [0.29, 0.717) is 12.2 Å². The number of pyridine rings is 1. The molecule has 0 fully saturated rings. The molecule has 1 unspecified atom stereocenters. The molecule has 0 aliphatic heterocycles. The number of nitrogens with zero attached hydrogens (tertiary/aromatic N) is 1. The zero-order chi connectivity index (χ0) is 8.27. The third-order valence-electron chi connectivity index (χ3n) is 1.38. The van der Waals surface area contributed by atoms with E-state index in [1.807, 2.05) is 6.07 Å². The van der Waals surface area contributed by atoms with Crippen molar-refractivity contribution in [1.29, 1.82) is 0 Å². The largest absolute Gasteiger partial charge is 0.393 e. The molecule has 0 aliphatic carbocycles. The molecule has 1 heterocycles. The summed E-state index contributed by atoms with van der Waals surface area (Å²) in [7, 11) is 0. The molecule has 3 heteroatoms. The second-order valence-electron chi connectivity index (χ2n) is 2.64. The summed E-state index contributed by atoms with van der Waals surface area (Å²) in [5.41, 5.74) is 6.39. The highest BCUT2D eigenvalue weighted by Crippen LogP contribution is 2.03. The molecule has 0 spiro atoms. The fourth-order valence-corrected chi connectivity index (χ4v) is 0.898. The number of aliphatic hydroxyl groups is 1. The van der Waals surface area contributed by atoms with Crippen LogP contribution >= 0.6 is 0 Å². The maximum absolute atomic E-state index is 9.02. The second-order valence-corrected chi connectivity index (χ2v) is 2.64. The molecule has 1 aromatic heterocycles. The van der Waals surface area contributed by atoms with Gasteiger partial charge >= 0.3 is 0 Å². The minimum Gasteiger partial charge on any atom is -0.393 e. The molecule has 60 valence electrons. The first kappa shape index (κ1) is 8.01. The van der Waals surface area contributed by atoms with Gasteiger partial charge in [0.25, 0.3) is 0 Å². The summed E-state index contributed by atoms with van der Waals surface area (Å²) in [6, 6.07) is 3.60. The Morgan fingerprint density at radius 2 is 2.36 bits per heavy atom. The Bertz CT molecular complexity index is 218. The number of hydrogen-bond donors (Lipinski definition) is 2. The minimum atomic E-state index is -0.319. The van der Waals surface area contributed by atoms with Crippen molar-refractivity contribution < 1.29 is 5.11 Å². The van der Waals surface area contributed by atoms with Gasteiger partial charge in [-0.3, -0.25) is 0 Å². The van der Waals surface area contributed by atoms with Crippen LogP contribution in [0.1, 0.15) is 12.5 Å². The standard InChI is InChI=1S/C8H12N2O/c1-6(11)4-7-2-3-8(9)10-5-7/h2-3,5-6,11H,4H2,1H3,(H2,9,10). The third-order valence-corrected chi connectivity index (χ3v) is 1.38. The summed E-state index contributed by atoms with van der Waals surface area (Å²) < 4.78 is 0. The summed E-state index contributed by atoms with van der Waals surface area (Å²) in [4.78, 5) is 3.90. The van der Waals surface area contributed by atoms with Crippen molar-refractivity contribution in [3.05, 3.63) is 23.9 Å². The van der Waals surface area contributed by atoms with Gasteiger partial charge in [-0.15, -0.1) is 0 Å². The van der Waals surface area contributed by atoms with E-state index in [-0.39, 0.29) is 6.10 Å². The molecule has 0 bridgehead atoms. The molecule has 3 N–H and O–H groups in total. The number of hydrogen-bond acceptors (Lipinski definition) is 3. The first-order valence-corrected chi connectivity index (χ1v) is 3.57. The van der Waals surface area contributed by atoms with Crippen LogP contribution in [0.2, 0.25) is 0 Å². The van der Waals surface area contributed by atoms with Crippen molar-refractivity contribution in [3.8, 4) is 0 Å². The lowest BCUT2D eigenvalue weighted by atomic mass is 10.1. The van der Waals surface area contributed by atoms with Gasteiger partial charge in [-0.05, 0) is 25.0 Å². The lowest BCUT2D eigenvalue weighted by Crippen LogP contribution is -2.04. The molecule has 0 radical (unpaired) electrons. The van der Waals surface area contributed by atoms with Crippen molar-refractivity contribution in [2.45, 2.75) is 19.4 Å². The molecule has 3 nitrogen and oxygen atoms in total. The van der Waals surface area contributed by atoms with Crippen molar-refractivity contribution in [2.75, 3.05) is 5.73 Å². The maximum atomic E-state index is 9.02. The molecule has 0 saturated carbocycles. The lowest BCUT2D eigenvalue weighted by molar-refractivity contribution is 0.195. The average Bonchev–Trinajstić information content (AvgIpc) is 1.93. The molecule has 1 rings (SSSR count). The smallest absolute Gasteiger partial charge is 0.123 e. The summed E-state index contributed by atoms with van der Waals surface area (Å²) in [5.74, 6) is 0.513. The highest BCUT2D eigenvalue weighted by Gasteiger charge is 1.97. The Hall–Kier alpha value is -1.09. The molecule has 1 aromatic rings. The second kappa shape index (κ2) is 3.34. The Morgan fingerprint density at radius 3 is 2.82 bits per heavy atom. The van der Waals surface area contributed by atoms with E-state index in [0.717, 1.165) is 5.56 Å². The van der Waals surface area contributed by atoms with Gasteiger partial charge in [0.1, 0.15) is 5.82 Å². The highest BCUT2D eigenvalue weighted by molar-refractivity contribution is 5.29. The number of aromatic nitrogens is 1. The van der Waals surface area contributed by atoms with Crippen molar-refractivity contribution >= 4 is 5.82 Å². The fraction of sp³-hybridized carbons (Fsp3) is 0.375. The zero-order valence-electron chi connectivity index (χ0n) is 6.49. The number of anilines is 1. The van der Waals surface area contributed by atoms with Gasteiger partial charge in [-0.1, -0.05) is 6.07 Å². The van der Waals surface area contributed by atoms with E-state index in [1.54, 1.807) is 19.2 Å². The molecule has 0 amide bonds. The van der Waals surface area contributed by atoms with Crippen LogP contribution in [0.4, 0.5) is 5.82 Å². The molecule has 0 aromatic carbocycles. The number of nitrogens with two attached hydrogens (primary N) is 1. The quantitative estimate of drug-likeness (QED) is 0.652. The molecule has 0 aliphatic rings. The Morgan fingerprint density at radius 1 is 1.64 bits per heavy atom. The molecular weight excluding hydrogens is 140 g/mol. The van der Waals surface area contributed by atoms with Gasteiger partial charge in [0.2, 0.25) is 0 Å². The average molecular weight is 152 g/mol. The number of aliphatic hydroxyl groups excluding tert-OH is 1. The third kappa shape index (κ3) is 2.55. The van der Waals surface area contributed by atoms with Crippen molar-refractivity contribution in [1.82, 2.24) is 4.98 Å². The first-order chi connectivity index (χ1) is 5.18. The van der Waals surface area contributed by atoms with Crippen molar-refractivity contribution in [2.24, 2.45) is 0 Å². The van der Waals surface area contributed by atoms with E-state index in [2.05, 4.69) is 4.98 Å². The molecule has 0 saturated heterocycles. The van der Waals surface area contributed by atoms with E-state index in [9.17, 15) is 0 Å². The van der Waals surface area contributed by atoms with Crippen molar-refractivity contribution in [3.63, 3.8) is 0 Å². The first-order valence-electron chi connectivity index (χ1n) is 3.57. The van der Waals surface area contributed by atoms with Crippen LogP contribution in [0.15, 0.2) is 18.3 Å². The van der Waals surface area contributed by atoms with Crippen LogP contribution in [0.25, 0.3) is 0 Å². The zero-order valence-corrected chi connectivity index (χ0v) is 6.49. The maximum Gasteiger partial charge on any atom is 0.123 e. The summed E-state index contributed by atoms with van der Waals surface area (Å²) >= 11 is 0. The van der Waals surface area contributed by atoms with Crippen LogP contribution in [0.3, 0.4) is 0 Å². The summed E-state index contributed by atoms with van der Waals surface area (Å²) in [5, 5.41) is 9.02. The van der Waals surface area contributed by atoms with Crippen LogP contribution in [0, 0.1) is 0 Å². The highest BCUT2D eigenvalue weighted by atomic mass is 16.3. The van der Waals surface area contributed by atoms with Gasteiger partial charge in [0.15, 0.2) is 0 Å². The van der Waals surface area contributed by atoms with E-state index < -0.39 is 0 Å². The topological polar surface area (TPSA) is 59.1 Å². The minimum absolute atomic E-state index is 0.319. The van der Waals surface area contributed by atoms with Crippen LogP contribution in [-0.2, 0) is 6.42 Å². The molecular formula is C8H12N2O. The Kier molecular flexibility index (Phi) is 2.44. The summed E-state index contributed by atoms with van der Waals surface area (Å²) in [6.07, 6.45) is 2.00. The van der Waals surface area contributed by atoms with E-state index in [4.69, 9.17) is 10.8 Å².